The Balaban J connectivity index is 1.40. The van der Waals surface area contributed by atoms with E-state index < -0.39 is 0 Å². The minimum Gasteiger partial charge on any atom is -0.356 e. The molecule has 0 atom stereocenters. The van der Waals surface area contributed by atoms with Crippen molar-refractivity contribution >= 4 is 17.8 Å². The zero-order chi connectivity index (χ0) is 20.6. The van der Waals surface area contributed by atoms with Crippen LogP contribution in [0.25, 0.3) is 0 Å². The summed E-state index contributed by atoms with van der Waals surface area (Å²) in [5.41, 5.74) is 3.61. The Morgan fingerprint density at radius 1 is 0.897 bits per heavy atom. The minimum absolute atomic E-state index is 0.189. The van der Waals surface area contributed by atoms with Gasteiger partial charge in [0, 0.05) is 26.7 Å². The summed E-state index contributed by atoms with van der Waals surface area (Å²) in [6.45, 7) is 4.03. The van der Waals surface area contributed by atoms with Crippen molar-refractivity contribution in [2.75, 3.05) is 20.1 Å². The zero-order valence-corrected chi connectivity index (χ0v) is 17.1. The molecule has 0 aliphatic carbocycles. The molecule has 0 aromatic heterocycles. The lowest BCUT2D eigenvalue weighted by Gasteiger charge is -2.15. The third-order valence-corrected chi connectivity index (χ3v) is 5.15. The molecule has 1 aliphatic heterocycles. The summed E-state index contributed by atoms with van der Waals surface area (Å²) in [5.74, 6) is 0.368. The predicted molar refractivity (Wildman–Crippen MR) is 115 cm³/mol. The van der Waals surface area contributed by atoms with Gasteiger partial charge in [-0.05, 0) is 42.5 Å². The maximum absolute atomic E-state index is 12.4. The Bertz CT molecular complexity index is 872. The maximum atomic E-state index is 12.4. The standard InChI is InChI=1S/C23H28N4O2/c1-3-17-10-4-5-11-18(17)16-26-23(24-2)25-14-8-9-15-27-21(28)19-12-6-7-13-20(19)22(27)29/h4-7,10-13H,3,8-9,14-16H2,1-2H3,(H2,24,25,26). The quantitative estimate of drug-likeness (QED) is 0.313. The van der Waals surface area contributed by atoms with E-state index in [2.05, 4.69) is 40.7 Å². The van der Waals surface area contributed by atoms with Gasteiger partial charge in [0.2, 0.25) is 0 Å². The van der Waals surface area contributed by atoms with Crippen LogP contribution in [0.2, 0.25) is 0 Å². The van der Waals surface area contributed by atoms with Crippen LogP contribution >= 0.6 is 0 Å². The lowest BCUT2D eigenvalue weighted by atomic mass is 10.1. The molecular weight excluding hydrogens is 364 g/mol. The Morgan fingerprint density at radius 3 is 2.14 bits per heavy atom. The number of imide groups is 1. The van der Waals surface area contributed by atoms with E-state index >= 15 is 0 Å². The minimum atomic E-state index is -0.189. The Kier molecular flexibility index (Phi) is 7.00. The van der Waals surface area contributed by atoms with Crippen molar-refractivity contribution in [3.63, 3.8) is 0 Å². The Hall–Kier alpha value is -3.15. The molecule has 152 valence electrons. The molecule has 0 fully saturated rings. The summed E-state index contributed by atoms with van der Waals surface area (Å²) in [7, 11) is 1.75. The Morgan fingerprint density at radius 2 is 1.52 bits per heavy atom. The molecule has 0 bridgehead atoms. The normalized spacial score (nSPS) is 13.6. The molecule has 0 radical (unpaired) electrons. The highest BCUT2D eigenvalue weighted by Gasteiger charge is 2.34. The van der Waals surface area contributed by atoms with Crippen LogP contribution in [0.3, 0.4) is 0 Å². The Labute approximate surface area is 172 Å². The molecule has 6 heteroatoms. The van der Waals surface area contributed by atoms with E-state index in [0.717, 1.165) is 38.3 Å². The van der Waals surface area contributed by atoms with Crippen LogP contribution in [0.1, 0.15) is 51.6 Å². The molecule has 1 heterocycles. The number of benzene rings is 2. The highest BCUT2D eigenvalue weighted by molar-refractivity contribution is 6.21. The average Bonchev–Trinajstić information content (AvgIpc) is 3.00. The van der Waals surface area contributed by atoms with Gasteiger partial charge in [-0.25, -0.2) is 0 Å². The second-order valence-electron chi connectivity index (χ2n) is 6.99. The molecule has 0 unspecified atom stereocenters. The zero-order valence-electron chi connectivity index (χ0n) is 17.1. The maximum Gasteiger partial charge on any atom is 0.261 e. The van der Waals surface area contributed by atoms with Crippen molar-refractivity contribution in [2.45, 2.75) is 32.7 Å². The first kappa shape index (κ1) is 20.6. The first-order valence-corrected chi connectivity index (χ1v) is 10.1. The molecule has 2 aromatic carbocycles. The molecular formula is C23H28N4O2. The average molecular weight is 393 g/mol. The number of carbonyl (C=O) groups is 2. The number of aryl methyl sites for hydroxylation is 1. The second kappa shape index (κ2) is 9.87. The van der Waals surface area contributed by atoms with Gasteiger partial charge in [0.1, 0.15) is 0 Å². The van der Waals surface area contributed by atoms with Crippen LogP contribution in [0.5, 0.6) is 0 Å². The molecule has 0 saturated carbocycles. The molecule has 2 amide bonds. The molecule has 2 aromatic rings. The monoisotopic (exact) mass is 392 g/mol. The fraction of sp³-hybridized carbons (Fsp3) is 0.348. The van der Waals surface area contributed by atoms with Crippen molar-refractivity contribution in [1.82, 2.24) is 15.5 Å². The SMILES string of the molecule is CCc1ccccc1CNC(=NC)NCCCCN1C(=O)c2ccccc2C1=O. The summed E-state index contributed by atoms with van der Waals surface area (Å²) in [6.07, 6.45) is 2.58. The number of hydrogen-bond acceptors (Lipinski definition) is 3. The van der Waals surface area contributed by atoms with Crippen LogP contribution in [0, 0.1) is 0 Å². The first-order chi connectivity index (χ1) is 14.2. The van der Waals surface area contributed by atoms with E-state index in [1.165, 1.54) is 16.0 Å². The number of nitrogens with zero attached hydrogens (tertiary/aromatic N) is 2. The van der Waals surface area contributed by atoms with E-state index in [4.69, 9.17) is 0 Å². The summed E-state index contributed by atoms with van der Waals surface area (Å²) >= 11 is 0. The molecule has 3 rings (SSSR count). The fourth-order valence-corrected chi connectivity index (χ4v) is 3.52. The number of aliphatic imine (C=N–C) groups is 1. The number of fused-ring (bicyclic) bond motifs is 1. The summed E-state index contributed by atoms with van der Waals surface area (Å²) < 4.78 is 0. The van der Waals surface area contributed by atoms with Gasteiger partial charge in [-0.2, -0.15) is 0 Å². The summed E-state index contributed by atoms with van der Waals surface area (Å²) in [4.78, 5) is 30.3. The first-order valence-electron chi connectivity index (χ1n) is 10.1. The van der Waals surface area contributed by atoms with Crippen LogP contribution < -0.4 is 10.6 Å². The lowest BCUT2D eigenvalue weighted by Crippen LogP contribution is -2.38. The summed E-state index contributed by atoms with van der Waals surface area (Å²) in [6, 6.07) is 15.4. The van der Waals surface area contributed by atoms with Crippen molar-refractivity contribution in [3.05, 3.63) is 70.8 Å². The van der Waals surface area contributed by atoms with E-state index in [0.29, 0.717) is 17.7 Å². The molecule has 29 heavy (non-hydrogen) atoms. The van der Waals surface area contributed by atoms with Gasteiger partial charge in [0.05, 0.1) is 11.1 Å². The van der Waals surface area contributed by atoms with Gasteiger partial charge < -0.3 is 10.6 Å². The number of unbranched alkanes of at least 4 members (excludes halogenated alkanes) is 1. The number of rotatable bonds is 8. The topological polar surface area (TPSA) is 73.8 Å². The van der Waals surface area contributed by atoms with E-state index in [9.17, 15) is 9.59 Å². The van der Waals surface area contributed by atoms with E-state index in [1.54, 1.807) is 31.3 Å². The van der Waals surface area contributed by atoms with Crippen LogP contribution in [-0.4, -0.2) is 42.8 Å². The van der Waals surface area contributed by atoms with Crippen LogP contribution in [0.15, 0.2) is 53.5 Å². The molecule has 0 saturated heterocycles. The summed E-state index contributed by atoms with van der Waals surface area (Å²) in [5, 5.41) is 6.63. The number of amides is 2. The predicted octanol–water partition coefficient (Wildman–Crippen LogP) is 2.99. The van der Waals surface area contributed by atoms with Gasteiger partial charge in [-0.1, -0.05) is 43.3 Å². The van der Waals surface area contributed by atoms with Crippen molar-refractivity contribution < 1.29 is 9.59 Å². The smallest absolute Gasteiger partial charge is 0.261 e. The molecule has 0 spiro atoms. The molecule has 6 nitrogen and oxygen atoms in total. The third-order valence-electron chi connectivity index (χ3n) is 5.15. The van der Waals surface area contributed by atoms with Gasteiger partial charge in [0.25, 0.3) is 11.8 Å². The van der Waals surface area contributed by atoms with Crippen LogP contribution in [0.4, 0.5) is 0 Å². The van der Waals surface area contributed by atoms with Gasteiger partial charge in [0.15, 0.2) is 5.96 Å². The van der Waals surface area contributed by atoms with Crippen molar-refractivity contribution in [3.8, 4) is 0 Å². The van der Waals surface area contributed by atoms with Crippen molar-refractivity contribution in [1.29, 1.82) is 0 Å². The lowest BCUT2D eigenvalue weighted by molar-refractivity contribution is 0.0652. The highest BCUT2D eigenvalue weighted by atomic mass is 16.2. The largest absolute Gasteiger partial charge is 0.356 e. The van der Waals surface area contributed by atoms with E-state index in [-0.39, 0.29) is 11.8 Å². The number of nitrogens with one attached hydrogen (secondary N) is 2. The van der Waals surface area contributed by atoms with Gasteiger partial charge in [-0.3, -0.25) is 19.5 Å². The highest BCUT2D eigenvalue weighted by Crippen LogP contribution is 2.22. The molecule has 1 aliphatic rings. The van der Waals surface area contributed by atoms with Crippen LogP contribution in [-0.2, 0) is 13.0 Å². The molecule has 2 N–H and O–H groups in total. The van der Waals surface area contributed by atoms with E-state index in [1.807, 2.05) is 6.07 Å². The third kappa shape index (κ3) is 4.83. The number of carbonyl (C=O) groups excluding carboxylic acids is 2. The fourth-order valence-electron chi connectivity index (χ4n) is 3.52. The van der Waals surface area contributed by atoms with Gasteiger partial charge in [-0.15, -0.1) is 0 Å². The second-order valence-corrected chi connectivity index (χ2v) is 6.99. The van der Waals surface area contributed by atoms with Gasteiger partial charge >= 0.3 is 0 Å². The number of guanidine groups is 1. The van der Waals surface area contributed by atoms with Crippen molar-refractivity contribution in [2.24, 2.45) is 4.99 Å². The number of hydrogen-bond donors (Lipinski definition) is 2.